The second kappa shape index (κ2) is 5.91. The van der Waals surface area contributed by atoms with E-state index in [9.17, 15) is 4.79 Å². The first-order valence-corrected chi connectivity index (χ1v) is 7.49. The van der Waals surface area contributed by atoms with E-state index in [-0.39, 0.29) is 5.91 Å². The van der Waals surface area contributed by atoms with Crippen LogP contribution in [0.5, 0.6) is 0 Å². The highest BCUT2D eigenvalue weighted by Gasteiger charge is 2.09. The number of halogens is 1. The van der Waals surface area contributed by atoms with Gasteiger partial charge in [-0.1, -0.05) is 6.07 Å². The second-order valence-corrected chi connectivity index (χ2v) is 6.34. The summed E-state index contributed by atoms with van der Waals surface area (Å²) in [5.41, 5.74) is 1.63. The lowest BCUT2D eigenvalue weighted by atomic mass is 10.1. The molecule has 18 heavy (non-hydrogen) atoms. The highest BCUT2D eigenvalue weighted by molar-refractivity contribution is 9.10. The Morgan fingerprint density at radius 1 is 1.44 bits per heavy atom. The Morgan fingerprint density at radius 2 is 2.22 bits per heavy atom. The average molecular weight is 342 g/mol. The summed E-state index contributed by atoms with van der Waals surface area (Å²) in [7, 11) is 0. The summed E-state index contributed by atoms with van der Waals surface area (Å²) in [6.45, 7) is 2.47. The van der Waals surface area contributed by atoms with Crippen LogP contribution in [0.1, 0.15) is 20.8 Å². The van der Waals surface area contributed by atoms with Crippen LogP contribution in [-0.4, -0.2) is 5.91 Å². The molecule has 0 saturated heterocycles. The van der Waals surface area contributed by atoms with Crippen LogP contribution in [0.3, 0.4) is 0 Å². The van der Waals surface area contributed by atoms with E-state index in [1.54, 1.807) is 17.4 Å². The van der Waals surface area contributed by atoms with Crippen LogP contribution in [0.2, 0.25) is 0 Å². The van der Waals surface area contributed by atoms with Crippen molar-refractivity contribution in [3.63, 3.8) is 0 Å². The maximum Gasteiger partial charge on any atom is 0.251 e. The number of rotatable bonds is 3. The first kappa shape index (κ1) is 13.6. The predicted molar refractivity (Wildman–Crippen MR) is 81.6 cm³/mol. The lowest BCUT2D eigenvalue weighted by Gasteiger charge is -2.07. The minimum atomic E-state index is -0.0621. The molecule has 2 nitrogen and oxygen atoms in total. The van der Waals surface area contributed by atoms with Crippen molar-refractivity contribution >= 4 is 45.8 Å². The number of benzene rings is 1. The number of carbonyl (C=O) groups excluding carboxylic acids is 1. The molecule has 1 N–H and O–H groups in total. The monoisotopic (exact) mass is 341 g/mol. The van der Waals surface area contributed by atoms with E-state index in [0.29, 0.717) is 12.1 Å². The van der Waals surface area contributed by atoms with Gasteiger partial charge >= 0.3 is 0 Å². The van der Waals surface area contributed by atoms with Crippen LogP contribution in [0.25, 0.3) is 0 Å². The molecular weight excluding hydrogens is 330 g/mol. The molecule has 0 aliphatic rings. The maximum atomic E-state index is 12.0. The average Bonchev–Trinajstić information content (AvgIpc) is 2.75. The van der Waals surface area contributed by atoms with E-state index < -0.39 is 0 Å². The summed E-state index contributed by atoms with van der Waals surface area (Å²) in [4.78, 5) is 14.0. The molecule has 2 aromatic rings. The number of carbonyl (C=O) groups is 1. The predicted octanol–water partition coefficient (Wildman–Crippen LogP) is 4.04. The minimum Gasteiger partial charge on any atom is -0.347 e. The topological polar surface area (TPSA) is 29.1 Å². The molecule has 0 fully saturated rings. The summed E-state index contributed by atoms with van der Waals surface area (Å²) in [5.74, 6) is -0.0621. The van der Waals surface area contributed by atoms with Crippen molar-refractivity contribution in [2.24, 2.45) is 0 Å². The van der Waals surface area contributed by atoms with Gasteiger partial charge in [0.05, 0.1) is 6.54 Å². The van der Waals surface area contributed by atoms with Crippen LogP contribution in [0, 0.1) is 6.92 Å². The smallest absolute Gasteiger partial charge is 0.251 e. The fraction of sp³-hybridized carbons (Fsp3) is 0.154. The molecule has 1 amide bonds. The highest BCUT2D eigenvalue weighted by Crippen LogP contribution is 2.20. The van der Waals surface area contributed by atoms with Crippen LogP contribution < -0.4 is 5.32 Å². The molecule has 5 heteroatoms. The third-order valence-electron chi connectivity index (χ3n) is 2.51. The normalized spacial score (nSPS) is 10.4. The Labute approximate surface area is 124 Å². The standard InChI is InChI=1S/C13H12BrNOS2/c1-8-2-3-10(17)5-12(8)13(16)15-6-11-4-9(14)7-18-11/h2-5,7,17H,6H2,1H3,(H,15,16). The molecular formula is C13H12BrNOS2. The number of nitrogens with one attached hydrogen (secondary N) is 1. The van der Waals surface area contributed by atoms with Crippen LogP contribution in [0.15, 0.2) is 39.0 Å². The molecule has 2 rings (SSSR count). The quantitative estimate of drug-likeness (QED) is 0.810. The molecule has 1 heterocycles. The van der Waals surface area contributed by atoms with Gasteiger partial charge in [-0.05, 0) is 46.6 Å². The van der Waals surface area contributed by atoms with Crippen molar-refractivity contribution in [3.05, 3.63) is 50.1 Å². The molecule has 0 bridgehead atoms. The van der Waals surface area contributed by atoms with Gasteiger partial charge in [-0.15, -0.1) is 24.0 Å². The third-order valence-corrected chi connectivity index (χ3v) is 4.49. The van der Waals surface area contributed by atoms with Crippen LogP contribution in [-0.2, 0) is 6.54 Å². The summed E-state index contributed by atoms with van der Waals surface area (Å²) in [6, 6.07) is 7.58. The van der Waals surface area contributed by atoms with Gasteiger partial charge in [0, 0.05) is 25.2 Å². The molecule has 1 aromatic heterocycles. The van der Waals surface area contributed by atoms with E-state index >= 15 is 0 Å². The number of hydrogen-bond acceptors (Lipinski definition) is 3. The lowest BCUT2D eigenvalue weighted by molar-refractivity contribution is 0.0950. The molecule has 0 atom stereocenters. The Hall–Kier alpha value is -0.780. The molecule has 1 aromatic carbocycles. The molecule has 0 unspecified atom stereocenters. The van der Waals surface area contributed by atoms with E-state index in [1.807, 2.05) is 30.5 Å². The number of aryl methyl sites for hydroxylation is 1. The number of hydrogen-bond donors (Lipinski definition) is 2. The molecule has 0 saturated carbocycles. The van der Waals surface area contributed by atoms with E-state index in [1.165, 1.54) is 0 Å². The van der Waals surface area contributed by atoms with Crippen molar-refractivity contribution in [3.8, 4) is 0 Å². The molecule has 0 aliphatic heterocycles. The van der Waals surface area contributed by atoms with Crippen molar-refractivity contribution in [2.45, 2.75) is 18.4 Å². The van der Waals surface area contributed by atoms with Crippen LogP contribution in [0.4, 0.5) is 0 Å². The van der Waals surface area contributed by atoms with Gasteiger partial charge in [0.25, 0.3) is 5.91 Å². The highest BCUT2D eigenvalue weighted by atomic mass is 79.9. The first-order chi connectivity index (χ1) is 8.56. The summed E-state index contributed by atoms with van der Waals surface area (Å²) in [6.07, 6.45) is 0. The van der Waals surface area contributed by atoms with Crippen LogP contribution >= 0.6 is 39.9 Å². The zero-order valence-electron chi connectivity index (χ0n) is 9.74. The number of thiophene rings is 1. The fourth-order valence-electron chi connectivity index (χ4n) is 1.56. The Kier molecular flexibility index (Phi) is 4.48. The summed E-state index contributed by atoms with van der Waals surface area (Å²) in [5, 5.41) is 4.91. The molecule has 0 spiro atoms. The second-order valence-electron chi connectivity index (χ2n) is 3.91. The summed E-state index contributed by atoms with van der Waals surface area (Å²) < 4.78 is 1.05. The molecule has 0 aliphatic carbocycles. The number of thiol groups is 1. The van der Waals surface area contributed by atoms with Gasteiger partial charge in [0.15, 0.2) is 0 Å². The SMILES string of the molecule is Cc1ccc(S)cc1C(=O)NCc1cc(Br)cs1. The van der Waals surface area contributed by atoms with Crippen molar-refractivity contribution in [2.75, 3.05) is 0 Å². The molecule has 94 valence electrons. The zero-order chi connectivity index (χ0) is 13.1. The third kappa shape index (κ3) is 3.37. The van der Waals surface area contributed by atoms with Crippen molar-refractivity contribution in [1.29, 1.82) is 0 Å². The van der Waals surface area contributed by atoms with E-state index in [0.717, 1.165) is 19.8 Å². The Balaban J connectivity index is 2.05. The van der Waals surface area contributed by atoms with Gasteiger partial charge in [-0.25, -0.2) is 0 Å². The summed E-state index contributed by atoms with van der Waals surface area (Å²) >= 11 is 9.26. The zero-order valence-corrected chi connectivity index (χ0v) is 13.0. The van der Waals surface area contributed by atoms with Gasteiger partial charge < -0.3 is 5.32 Å². The maximum absolute atomic E-state index is 12.0. The first-order valence-electron chi connectivity index (χ1n) is 5.37. The molecule has 0 radical (unpaired) electrons. The van der Waals surface area contributed by atoms with Gasteiger partial charge in [0.2, 0.25) is 0 Å². The van der Waals surface area contributed by atoms with Crippen molar-refractivity contribution in [1.82, 2.24) is 5.32 Å². The minimum absolute atomic E-state index is 0.0621. The van der Waals surface area contributed by atoms with Crippen molar-refractivity contribution < 1.29 is 4.79 Å². The largest absolute Gasteiger partial charge is 0.347 e. The van der Waals surface area contributed by atoms with E-state index in [4.69, 9.17) is 0 Å². The fourth-order valence-corrected chi connectivity index (χ4v) is 3.16. The number of amides is 1. The van der Waals surface area contributed by atoms with E-state index in [2.05, 4.69) is 33.9 Å². The van der Waals surface area contributed by atoms with Gasteiger partial charge in [-0.2, -0.15) is 0 Å². The Bertz CT molecular complexity index is 580. The Morgan fingerprint density at radius 3 is 2.89 bits per heavy atom. The van der Waals surface area contributed by atoms with Gasteiger partial charge in [0.1, 0.15) is 0 Å². The van der Waals surface area contributed by atoms with Gasteiger partial charge in [-0.3, -0.25) is 4.79 Å². The lowest BCUT2D eigenvalue weighted by Crippen LogP contribution is -2.23.